The molecule has 2 atom stereocenters. The molecule has 0 aliphatic carbocycles. The first-order valence-corrected chi connectivity index (χ1v) is 6.44. The Morgan fingerprint density at radius 2 is 1.94 bits per heavy atom. The first-order valence-electron chi connectivity index (χ1n) is 6.44. The number of carbonyl (C=O) groups excluding carboxylic acids is 1. The molecule has 2 rings (SSSR count). The molecule has 2 aliphatic heterocycles. The van der Waals surface area contributed by atoms with Crippen LogP contribution in [0, 0.1) is 5.92 Å². The molecule has 0 bridgehead atoms. The standard InChI is InChI=1S/C12H23N3O/c1-9-2-3-10(12(13)16)8-15(9)11-4-6-14-7-5-11/h9-11,14H,2-8H2,1H3,(H2,13,16). The number of piperidine rings is 2. The van der Waals surface area contributed by atoms with Gasteiger partial charge in [0, 0.05) is 18.6 Å². The highest BCUT2D eigenvalue weighted by Crippen LogP contribution is 2.26. The molecule has 0 radical (unpaired) electrons. The normalized spacial score (nSPS) is 33.8. The van der Waals surface area contributed by atoms with E-state index in [1.165, 1.54) is 12.8 Å². The number of rotatable bonds is 2. The Kier molecular flexibility index (Phi) is 3.82. The second-order valence-corrected chi connectivity index (χ2v) is 5.20. The molecule has 3 N–H and O–H groups in total. The van der Waals surface area contributed by atoms with Crippen LogP contribution in [0.5, 0.6) is 0 Å². The molecule has 16 heavy (non-hydrogen) atoms. The average Bonchev–Trinajstić information content (AvgIpc) is 2.30. The zero-order chi connectivity index (χ0) is 11.5. The lowest BCUT2D eigenvalue weighted by atomic mass is 9.90. The predicted octanol–water partition coefficient (Wildman–Crippen LogP) is 0.324. The van der Waals surface area contributed by atoms with E-state index in [-0.39, 0.29) is 11.8 Å². The van der Waals surface area contributed by atoms with Gasteiger partial charge in [0.15, 0.2) is 0 Å². The van der Waals surface area contributed by atoms with Gasteiger partial charge in [0.05, 0.1) is 5.92 Å². The largest absolute Gasteiger partial charge is 0.369 e. The molecule has 0 saturated carbocycles. The number of hydrogen-bond acceptors (Lipinski definition) is 3. The highest BCUT2D eigenvalue weighted by Gasteiger charge is 2.33. The van der Waals surface area contributed by atoms with Crippen molar-refractivity contribution in [2.45, 2.75) is 44.7 Å². The van der Waals surface area contributed by atoms with Crippen molar-refractivity contribution in [1.82, 2.24) is 10.2 Å². The third kappa shape index (κ3) is 2.55. The highest BCUT2D eigenvalue weighted by molar-refractivity contribution is 5.77. The minimum absolute atomic E-state index is 0.0751. The van der Waals surface area contributed by atoms with Crippen LogP contribution in [-0.4, -0.2) is 42.5 Å². The Morgan fingerprint density at radius 1 is 1.25 bits per heavy atom. The summed E-state index contributed by atoms with van der Waals surface area (Å²) in [6.07, 6.45) is 4.49. The maximum Gasteiger partial charge on any atom is 0.221 e. The van der Waals surface area contributed by atoms with Crippen LogP contribution in [0.3, 0.4) is 0 Å². The number of carbonyl (C=O) groups is 1. The maximum atomic E-state index is 11.3. The van der Waals surface area contributed by atoms with Crippen LogP contribution in [0.4, 0.5) is 0 Å². The van der Waals surface area contributed by atoms with E-state index >= 15 is 0 Å². The van der Waals surface area contributed by atoms with Crippen LogP contribution in [0.25, 0.3) is 0 Å². The number of primary amides is 1. The maximum absolute atomic E-state index is 11.3. The van der Waals surface area contributed by atoms with Crippen LogP contribution in [-0.2, 0) is 4.79 Å². The fourth-order valence-electron chi connectivity index (χ4n) is 3.01. The summed E-state index contributed by atoms with van der Waals surface area (Å²) in [5.41, 5.74) is 5.43. The quantitative estimate of drug-likeness (QED) is 0.712. The summed E-state index contributed by atoms with van der Waals surface area (Å²) in [7, 11) is 0. The van der Waals surface area contributed by atoms with Gasteiger partial charge in [-0.3, -0.25) is 9.69 Å². The Balaban J connectivity index is 1.97. The van der Waals surface area contributed by atoms with Crippen molar-refractivity contribution >= 4 is 5.91 Å². The van der Waals surface area contributed by atoms with Crippen LogP contribution >= 0.6 is 0 Å². The van der Waals surface area contributed by atoms with E-state index in [1.54, 1.807) is 0 Å². The Bertz CT molecular complexity index is 251. The van der Waals surface area contributed by atoms with Crippen molar-refractivity contribution < 1.29 is 4.79 Å². The van der Waals surface area contributed by atoms with Gasteiger partial charge in [-0.05, 0) is 45.7 Å². The third-order valence-corrected chi connectivity index (χ3v) is 4.11. The number of likely N-dealkylation sites (tertiary alicyclic amines) is 1. The topological polar surface area (TPSA) is 58.4 Å². The molecule has 0 spiro atoms. The lowest BCUT2D eigenvalue weighted by molar-refractivity contribution is -0.124. The number of amides is 1. The molecule has 4 heteroatoms. The second kappa shape index (κ2) is 5.15. The lowest BCUT2D eigenvalue weighted by Crippen LogP contribution is -2.53. The SMILES string of the molecule is CC1CCC(C(N)=O)CN1C1CCNCC1. The zero-order valence-corrected chi connectivity index (χ0v) is 10.1. The highest BCUT2D eigenvalue weighted by atomic mass is 16.1. The minimum Gasteiger partial charge on any atom is -0.369 e. The summed E-state index contributed by atoms with van der Waals surface area (Å²) in [6, 6.07) is 1.26. The van der Waals surface area contributed by atoms with Gasteiger partial charge in [-0.15, -0.1) is 0 Å². The summed E-state index contributed by atoms with van der Waals surface area (Å²) in [5.74, 6) is -0.0445. The number of nitrogens with two attached hydrogens (primary N) is 1. The Morgan fingerprint density at radius 3 is 2.56 bits per heavy atom. The first-order chi connectivity index (χ1) is 7.68. The van der Waals surface area contributed by atoms with E-state index < -0.39 is 0 Å². The summed E-state index contributed by atoms with van der Waals surface area (Å²) in [5, 5.41) is 3.38. The van der Waals surface area contributed by atoms with E-state index in [1.807, 2.05) is 0 Å². The fourth-order valence-corrected chi connectivity index (χ4v) is 3.01. The van der Waals surface area contributed by atoms with Gasteiger partial charge in [0.1, 0.15) is 0 Å². The smallest absolute Gasteiger partial charge is 0.221 e. The number of hydrogen-bond donors (Lipinski definition) is 2. The van der Waals surface area contributed by atoms with Gasteiger partial charge >= 0.3 is 0 Å². The van der Waals surface area contributed by atoms with E-state index in [9.17, 15) is 4.79 Å². The molecule has 2 saturated heterocycles. The fraction of sp³-hybridized carbons (Fsp3) is 0.917. The zero-order valence-electron chi connectivity index (χ0n) is 10.1. The van der Waals surface area contributed by atoms with E-state index in [4.69, 9.17) is 5.73 Å². The summed E-state index contributed by atoms with van der Waals surface area (Å²) in [4.78, 5) is 13.8. The van der Waals surface area contributed by atoms with E-state index in [0.29, 0.717) is 12.1 Å². The van der Waals surface area contributed by atoms with Crippen molar-refractivity contribution in [2.24, 2.45) is 11.7 Å². The van der Waals surface area contributed by atoms with Crippen molar-refractivity contribution in [3.63, 3.8) is 0 Å². The third-order valence-electron chi connectivity index (χ3n) is 4.11. The minimum atomic E-state index is -0.120. The molecule has 0 aromatic carbocycles. The molecule has 4 nitrogen and oxygen atoms in total. The summed E-state index contributed by atoms with van der Waals surface area (Å²) >= 11 is 0. The Labute approximate surface area is 97.6 Å². The van der Waals surface area contributed by atoms with Gasteiger partial charge in [-0.1, -0.05) is 0 Å². The van der Waals surface area contributed by atoms with Crippen LogP contribution in [0.2, 0.25) is 0 Å². The first kappa shape index (κ1) is 11.9. The molecule has 2 heterocycles. The molecule has 2 unspecified atom stereocenters. The van der Waals surface area contributed by atoms with Gasteiger partial charge in [0.2, 0.25) is 5.91 Å². The van der Waals surface area contributed by atoms with Crippen molar-refractivity contribution in [3.05, 3.63) is 0 Å². The van der Waals surface area contributed by atoms with E-state index in [2.05, 4.69) is 17.1 Å². The van der Waals surface area contributed by atoms with E-state index in [0.717, 1.165) is 32.5 Å². The molecular weight excluding hydrogens is 202 g/mol. The van der Waals surface area contributed by atoms with Crippen molar-refractivity contribution in [3.8, 4) is 0 Å². The number of nitrogens with zero attached hydrogens (tertiary/aromatic N) is 1. The molecule has 0 aromatic heterocycles. The van der Waals surface area contributed by atoms with Crippen molar-refractivity contribution in [2.75, 3.05) is 19.6 Å². The molecular formula is C12H23N3O. The Hall–Kier alpha value is -0.610. The predicted molar refractivity (Wildman–Crippen MR) is 64.0 cm³/mol. The molecule has 2 aliphatic rings. The van der Waals surface area contributed by atoms with Crippen molar-refractivity contribution in [1.29, 1.82) is 0 Å². The number of nitrogens with one attached hydrogen (secondary N) is 1. The van der Waals surface area contributed by atoms with Crippen LogP contribution < -0.4 is 11.1 Å². The van der Waals surface area contributed by atoms with Gasteiger partial charge in [-0.25, -0.2) is 0 Å². The summed E-state index contributed by atoms with van der Waals surface area (Å²) < 4.78 is 0. The lowest BCUT2D eigenvalue weighted by Gasteiger charge is -2.43. The average molecular weight is 225 g/mol. The summed E-state index contributed by atoms with van der Waals surface area (Å²) in [6.45, 7) is 5.37. The second-order valence-electron chi connectivity index (χ2n) is 5.20. The van der Waals surface area contributed by atoms with Crippen LogP contribution in [0.15, 0.2) is 0 Å². The van der Waals surface area contributed by atoms with Gasteiger partial charge < -0.3 is 11.1 Å². The molecule has 2 fully saturated rings. The molecule has 0 aromatic rings. The van der Waals surface area contributed by atoms with Gasteiger partial charge in [0.25, 0.3) is 0 Å². The monoisotopic (exact) mass is 225 g/mol. The molecule has 1 amide bonds. The van der Waals surface area contributed by atoms with Gasteiger partial charge in [-0.2, -0.15) is 0 Å². The molecule has 92 valence electrons. The van der Waals surface area contributed by atoms with Crippen LogP contribution in [0.1, 0.15) is 32.6 Å².